The van der Waals surface area contributed by atoms with E-state index >= 15 is 0 Å². The lowest BCUT2D eigenvalue weighted by atomic mass is 10.2. The normalized spacial score (nSPS) is 10.9. The standard InChI is InChI=1S/C17H15NOS.HI/c1-2-18-14-8-4-6-10-16(14)20-17(18)12-11-13-7-3-5-9-15(13)19;/h3-12H,2H2,1H3;1H. The Hall–Kier alpha value is -1.40. The zero-order valence-corrected chi connectivity index (χ0v) is 14.6. The van der Waals surface area contributed by atoms with Crippen molar-refractivity contribution >= 4 is 33.7 Å². The highest BCUT2D eigenvalue weighted by Gasteiger charge is 2.15. The van der Waals surface area contributed by atoms with E-state index in [1.165, 1.54) is 15.2 Å². The molecule has 4 heteroatoms. The van der Waals surface area contributed by atoms with Crippen molar-refractivity contribution in [1.29, 1.82) is 0 Å². The van der Waals surface area contributed by atoms with Gasteiger partial charge in [0.25, 0.3) is 5.01 Å². The Labute approximate surface area is 145 Å². The van der Waals surface area contributed by atoms with Gasteiger partial charge in [0, 0.05) is 17.7 Å². The molecule has 1 N–H and O–H groups in total. The van der Waals surface area contributed by atoms with E-state index in [0.29, 0.717) is 5.75 Å². The van der Waals surface area contributed by atoms with E-state index in [4.69, 9.17) is 0 Å². The molecule has 0 aliphatic carbocycles. The summed E-state index contributed by atoms with van der Waals surface area (Å²) >= 11 is 1.77. The Morgan fingerprint density at radius 3 is 2.52 bits per heavy atom. The van der Waals surface area contributed by atoms with Crippen molar-refractivity contribution in [2.75, 3.05) is 0 Å². The van der Waals surface area contributed by atoms with Crippen LogP contribution in [0.3, 0.4) is 0 Å². The molecule has 0 saturated heterocycles. The van der Waals surface area contributed by atoms with Gasteiger partial charge < -0.3 is 29.1 Å². The number of benzene rings is 2. The summed E-state index contributed by atoms with van der Waals surface area (Å²) in [5.74, 6) is 0.313. The summed E-state index contributed by atoms with van der Waals surface area (Å²) in [6.07, 6.45) is 4.04. The minimum absolute atomic E-state index is 0. The first-order valence-corrected chi connectivity index (χ1v) is 7.48. The fraction of sp³-hybridized carbons (Fsp3) is 0.118. The number of fused-ring (bicyclic) bond motifs is 1. The zero-order chi connectivity index (χ0) is 13.9. The molecule has 0 aliphatic rings. The van der Waals surface area contributed by atoms with Gasteiger partial charge in [-0.3, -0.25) is 0 Å². The SMILES string of the molecule is CC[n+]1c(/C=C/c2ccccc2O)sc2ccccc21.[I-]. The quantitative estimate of drug-likeness (QED) is 0.509. The first-order valence-electron chi connectivity index (χ1n) is 6.67. The third-order valence-electron chi connectivity index (χ3n) is 3.30. The van der Waals surface area contributed by atoms with Crippen LogP contribution in [0.5, 0.6) is 5.75 Å². The molecule has 3 rings (SSSR count). The Kier molecular flexibility index (Phi) is 5.36. The summed E-state index contributed by atoms with van der Waals surface area (Å²) < 4.78 is 3.57. The molecule has 2 nitrogen and oxygen atoms in total. The van der Waals surface area contributed by atoms with Crippen molar-refractivity contribution in [2.45, 2.75) is 13.5 Å². The second kappa shape index (κ2) is 7.04. The lowest BCUT2D eigenvalue weighted by Crippen LogP contribution is -3.00. The van der Waals surface area contributed by atoms with Gasteiger partial charge in [-0.25, -0.2) is 0 Å². The van der Waals surface area contributed by atoms with Crippen molar-refractivity contribution in [3.8, 4) is 5.75 Å². The van der Waals surface area contributed by atoms with Crippen LogP contribution in [-0.4, -0.2) is 5.11 Å². The number of aryl methyl sites for hydroxylation is 1. The van der Waals surface area contributed by atoms with E-state index in [2.05, 4.69) is 41.8 Å². The predicted octanol–water partition coefficient (Wildman–Crippen LogP) is 1.09. The molecule has 1 heterocycles. The molecule has 3 aromatic rings. The maximum absolute atomic E-state index is 9.80. The molecule has 0 aliphatic heterocycles. The molecule has 0 radical (unpaired) electrons. The van der Waals surface area contributed by atoms with Gasteiger partial charge in [-0.2, -0.15) is 4.57 Å². The number of aromatic hydroxyl groups is 1. The van der Waals surface area contributed by atoms with Crippen molar-refractivity contribution in [2.24, 2.45) is 0 Å². The number of hydrogen-bond acceptors (Lipinski definition) is 2. The number of phenolic OH excluding ortho intramolecular Hbond substituents is 1. The van der Waals surface area contributed by atoms with Crippen LogP contribution < -0.4 is 28.5 Å². The second-order valence-corrected chi connectivity index (χ2v) is 5.61. The molecule has 0 atom stereocenters. The average molecular weight is 409 g/mol. The minimum Gasteiger partial charge on any atom is -1.00 e. The van der Waals surface area contributed by atoms with Crippen LogP contribution in [0.4, 0.5) is 0 Å². The van der Waals surface area contributed by atoms with E-state index in [-0.39, 0.29) is 24.0 Å². The van der Waals surface area contributed by atoms with Gasteiger partial charge in [-0.05, 0) is 25.1 Å². The third kappa shape index (κ3) is 3.27. The van der Waals surface area contributed by atoms with Crippen LogP contribution in [0.25, 0.3) is 22.4 Å². The highest BCUT2D eigenvalue weighted by Crippen LogP contribution is 2.23. The summed E-state index contributed by atoms with van der Waals surface area (Å²) in [5.41, 5.74) is 2.10. The van der Waals surface area contributed by atoms with Gasteiger partial charge >= 0.3 is 0 Å². The van der Waals surface area contributed by atoms with E-state index in [1.807, 2.05) is 24.3 Å². The zero-order valence-electron chi connectivity index (χ0n) is 11.7. The Bertz CT molecular complexity index is 779. The van der Waals surface area contributed by atoms with Crippen molar-refractivity contribution < 1.29 is 33.7 Å². The Balaban J connectivity index is 0.00000161. The highest BCUT2D eigenvalue weighted by molar-refractivity contribution is 7.18. The molecule has 0 fully saturated rings. The van der Waals surface area contributed by atoms with Gasteiger partial charge in [0.2, 0.25) is 5.52 Å². The molecule has 1 aromatic heterocycles. The highest BCUT2D eigenvalue weighted by atomic mass is 127. The van der Waals surface area contributed by atoms with E-state index in [1.54, 1.807) is 17.4 Å². The molecule has 0 saturated carbocycles. The lowest BCUT2D eigenvalue weighted by Gasteiger charge is -1.96. The Morgan fingerprint density at radius 1 is 1.05 bits per heavy atom. The average Bonchev–Trinajstić information content (AvgIpc) is 2.84. The summed E-state index contributed by atoms with van der Waals surface area (Å²) in [5, 5.41) is 11.0. The minimum atomic E-state index is 0. The largest absolute Gasteiger partial charge is 1.00 e. The maximum atomic E-state index is 9.80. The van der Waals surface area contributed by atoms with E-state index < -0.39 is 0 Å². The number of rotatable bonds is 3. The first kappa shape index (κ1) is 16.0. The number of aromatic nitrogens is 1. The number of hydrogen-bond donors (Lipinski definition) is 1. The second-order valence-electron chi connectivity index (χ2n) is 4.54. The smallest absolute Gasteiger partial charge is 0.262 e. The number of nitrogens with zero attached hydrogens (tertiary/aromatic N) is 1. The lowest BCUT2D eigenvalue weighted by molar-refractivity contribution is -0.665. The van der Waals surface area contributed by atoms with Gasteiger partial charge in [0.05, 0.1) is 0 Å². The molecule has 2 aromatic carbocycles. The van der Waals surface area contributed by atoms with Crippen molar-refractivity contribution in [3.63, 3.8) is 0 Å². The summed E-state index contributed by atoms with van der Waals surface area (Å²) in [6.45, 7) is 3.08. The number of para-hydroxylation sites is 2. The topological polar surface area (TPSA) is 24.1 Å². The van der Waals surface area contributed by atoms with Crippen LogP contribution in [0.2, 0.25) is 0 Å². The molecular formula is C17H16INOS. The molecule has 108 valence electrons. The van der Waals surface area contributed by atoms with Crippen LogP contribution in [0.1, 0.15) is 17.5 Å². The molecule has 0 spiro atoms. The molecular weight excluding hydrogens is 393 g/mol. The molecule has 0 unspecified atom stereocenters. The van der Waals surface area contributed by atoms with Crippen LogP contribution in [0.15, 0.2) is 48.5 Å². The van der Waals surface area contributed by atoms with Crippen LogP contribution in [0, 0.1) is 0 Å². The summed E-state index contributed by atoms with van der Waals surface area (Å²) in [4.78, 5) is 0. The molecule has 0 bridgehead atoms. The van der Waals surface area contributed by atoms with Gasteiger partial charge in [0.1, 0.15) is 17.0 Å². The molecule has 0 amide bonds. The Morgan fingerprint density at radius 2 is 1.76 bits per heavy atom. The van der Waals surface area contributed by atoms with E-state index in [0.717, 1.165) is 12.1 Å². The van der Waals surface area contributed by atoms with Crippen molar-refractivity contribution in [1.82, 2.24) is 0 Å². The predicted molar refractivity (Wildman–Crippen MR) is 84.7 cm³/mol. The van der Waals surface area contributed by atoms with Gasteiger partial charge in [0.15, 0.2) is 0 Å². The van der Waals surface area contributed by atoms with Crippen molar-refractivity contribution in [3.05, 3.63) is 59.1 Å². The van der Waals surface area contributed by atoms with Crippen LogP contribution >= 0.6 is 11.3 Å². The van der Waals surface area contributed by atoms with E-state index in [9.17, 15) is 5.11 Å². The maximum Gasteiger partial charge on any atom is 0.262 e. The number of phenols is 1. The fourth-order valence-electron chi connectivity index (χ4n) is 2.29. The van der Waals surface area contributed by atoms with Crippen LogP contribution in [-0.2, 0) is 6.54 Å². The summed E-state index contributed by atoms with van der Waals surface area (Å²) in [6, 6.07) is 15.8. The third-order valence-corrected chi connectivity index (χ3v) is 4.43. The van der Waals surface area contributed by atoms with Gasteiger partial charge in [-0.15, -0.1) is 0 Å². The molecule has 21 heavy (non-hydrogen) atoms. The number of halogens is 1. The fourth-order valence-corrected chi connectivity index (χ4v) is 3.42. The summed E-state index contributed by atoms with van der Waals surface area (Å²) in [7, 11) is 0. The van der Waals surface area contributed by atoms with Gasteiger partial charge in [-0.1, -0.05) is 41.7 Å². The first-order chi connectivity index (χ1) is 9.79. The monoisotopic (exact) mass is 409 g/mol. The number of thiazole rings is 1.